The first-order valence-electron chi connectivity index (χ1n) is 20.5. The molecule has 0 heterocycles. The van der Waals surface area contributed by atoms with Gasteiger partial charge in [0.2, 0.25) is 0 Å². The molecule has 4 aromatic rings. The van der Waals surface area contributed by atoms with Crippen LogP contribution in [0.3, 0.4) is 0 Å². The molecule has 2 atom stereocenters. The molecule has 52 heavy (non-hydrogen) atoms. The van der Waals surface area contributed by atoms with Gasteiger partial charge in [-0.3, -0.25) is 0 Å². The summed E-state index contributed by atoms with van der Waals surface area (Å²) < 4.78 is 0.264. The van der Waals surface area contributed by atoms with Gasteiger partial charge >= 0.3 is 325 Å². The maximum atomic E-state index is 9.07. The van der Waals surface area contributed by atoms with E-state index < -0.39 is 21.5 Å². The van der Waals surface area contributed by atoms with E-state index in [0.717, 1.165) is 12.8 Å². The van der Waals surface area contributed by atoms with E-state index in [1.807, 2.05) is 0 Å². The molecule has 0 bridgehead atoms. The summed E-state index contributed by atoms with van der Waals surface area (Å²) in [7, 11) is 18.1. The van der Waals surface area contributed by atoms with E-state index >= 15 is 0 Å². The van der Waals surface area contributed by atoms with Gasteiger partial charge in [0.05, 0.1) is 0 Å². The molecule has 2 unspecified atom stereocenters. The fourth-order valence-corrected chi connectivity index (χ4v) is 42.7. The maximum absolute atomic E-state index is 9.07. The van der Waals surface area contributed by atoms with Gasteiger partial charge in [-0.2, -0.15) is 0 Å². The van der Waals surface area contributed by atoms with Gasteiger partial charge in [0.15, 0.2) is 0 Å². The Bertz CT molecular complexity index is 1860. The second-order valence-electron chi connectivity index (χ2n) is 17.6. The first-order chi connectivity index (χ1) is 25.1. The van der Waals surface area contributed by atoms with Gasteiger partial charge in [0, 0.05) is 0 Å². The monoisotopic (exact) mass is 821 g/mol. The number of hydrogen-bond acceptors (Lipinski definition) is 0. The Morgan fingerprint density at radius 2 is 0.981 bits per heavy atom. The van der Waals surface area contributed by atoms with Crippen molar-refractivity contribution in [2.45, 2.75) is 111 Å². The molecule has 4 aromatic carbocycles. The van der Waals surface area contributed by atoms with Gasteiger partial charge in [-0.1, -0.05) is 0 Å². The third-order valence-corrected chi connectivity index (χ3v) is 66.1. The molecule has 4 heteroatoms. The number of allylic oxidation sites excluding steroid dienone is 2. The summed E-state index contributed by atoms with van der Waals surface area (Å²) in [5, 5.41) is 0. The molecule has 0 nitrogen and oxygen atoms in total. The molecule has 0 aliphatic heterocycles. The van der Waals surface area contributed by atoms with Crippen molar-refractivity contribution >= 4 is 35.1 Å². The Morgan fingerprint density at radius 1 is 0.577 bits per heavy atom. The van der Waals surface area contributed by atoms with Gasteiger partial charge in [-0.05, 0) is 0 Å². The van der Waals surface area contributed by atoms with Gasteiger partial charge < -0.3 is 0 Å². The molecule has 4 aliphatic rings. The normalized spacial score (nSPS) is 22.0. The minimum absolute atomic E-state index is 0.132. The summed E-state index contributed by atoms with van der Waals surface area (Å²) in [5.41, 5.74) is 14.8. The van der Waals surface area contributed by atoms with Crippen molar-refractivity contribution in [1.29, 1.82) is 0 Å². The fourth-order valence-electron chi connectivity index (χ4n) is 11.4. The first kappa shape index (κ1) is 37.0. The summed E-state index contributed by atoms with van der Waals surface area (Å²) in [4.78, 5) is 0. The number of rotatable bonds is 13. The van der Waals surface area contributed by atoms with E-state index in [4.69, 9.17) is 17.0 Å². The zero-order chi connectivity index (χ0) is 36.2. The SMILES string of the molecule is CCCC1(CC2=Cc3c(-c4ccccc4)cccc3[CH]2[Zr]([Cl])([Cl])([CH]2C(CC3(CCC)CCC3)=Cc3c(-c4ccccc4)cccc32)[SiH](C)C)CCC1. The van der Waals surface area contributed by atoms with E-state index in [-0.39, 0.29) is 7.25 Å². The molecule has 0 N–H and O–H groups in total. The van der Waals surface area contributed by atoms with Crippen LogP contribution in [0.5, 0.6) is 0 Å². The van der Waals surface area contributed by atoms with Crippen LogP contribution in [0.4, 0.5) is 0 Å². The zero-order valence-electron chi connectivity index (χ0n) is 31.9. The van der Waals surface area contributed by atoms with Gasteiger partial charge in [0.25, 0.3) is 0 Å². The third kappa shape index (κ3) is 6.10. The van der Waals surface area contributed by atoms with Crippen LogP contribution >= 0.6 is 17.0 Å². The van der Waals surface area contributed by atoms with Crippen LogP contribution < -0.4 is 0 Å². The third-order valence-electron chi connectivity index (χ3n) is 14.2. The standard InChI is InChI=1S/2C23H25.C2H7Si.2ClH.Zr/c2*1-2-12-23(13-7-14-23)17-18-15-20-10-6-11-21(22(20)16-18)19-8-4-3-5-9-19;1-3-2;;;/h2*3-6,8-11,15-16H,2,7,12-14,17H2,1H3;3H,1-2H3;2*1H;/q;;;;;+2/p-2. The van der Waals surface area contributed by atoms with Crippen LogP contribution in [0.25, 0.3) is 34.4 Å². The van der Waals surface area contributed by atoms with E-state index in [1.165, 1.54) is 109 Å². The second-order valence-corrected chi connectivity index (χ2v) is 60.1. The summed E-state index contributed by atoms with van der Waals surface area (Å²) in [6.45, 7) is 9.83. The molecule has 2 saturated carbocycles. The summed E-state index contributed by atoms with van der Waals surface area (Å²) >= 11 is -4.98. The van der Waals surface area contributed by atoms with Crippen LogP contribution in [0, 0.1) is 10.8 Å². The summed E-state index contributed by atoms with van der Waals surface area (Å²) in [6, 6.07) is 36.2. The Balaban J connectivity index is 1.36. The molecule has 0 amide bonds. The summed E-state index contributed by atoms with van der Waals surface area (Å²) in [5.74, 6) is -1.69. The average molecular weight is 824 g/mol. The molecular weight excluding hydrogens is 767 g/mol. The molecule has 0 radical (unpaired) electrons. The molecule has 4 aliphatic carbocycles. The number of halogens is 2. The van der Waals surface area contributed by atoms with Crippen molar-refractivity contribution < 1.29 is 15.6 Å². The van der Waals surface area contributed by atoms with E-state index in [2.05, 4.69) is 136 Å². The Hall–Kier alpha value is -1.96. The zero-order valence-corrected chi connectivity index (χ0v) is 37.0. The molecule has 271 valence electrons. The summed E-state index contributed by atoms with van der Waals surface area (Å²) in [6.07, 6.45) is 20.6. The second kappa shape index (κ2) is 14.3. The molecule has 0 aromatic heterocycles. The fraction of sp³-hybridized carbons (Fsp3) is 0.417. The predicted molar refractivity (Wildman–Crippen MR) is 227 cm³/mol. The first-order valence-corrected chi connectivity index (χ1v) is 36.8. The molecule has 2 fully saturated rings. The molecule has 8 rings (SSSR count). The number of fused-ring (bicyclic) bond motifs is 2. The van der Waals surface area contributed by atoms with Gasteiger partial charge in [-0.25, -0.2) is 0 Å². The Kier molecular flexibility index (Phi) is 10.2. The van der Waals surface area contributed by atoms with Gasteiger partial charge in [-0.15, -0.1) is 0 Å². The minimum atomic E-state index is -4.98. The van der Waals surface area contributed by atoms with Crippen LogP contribution in [-0.2, 0) is 15.6 Å². The Morgan fingerprint density at radius 3 is 1.31 bits per heavy atom. The van der Waals surface area contributed by atoms with E-state index in [0.29, 0.717) is 10.8 Å². The predicted octanol–water partition coefficient (Wildman–Crippen LogP) is 15.3. The molecular formula is C48H57Cl2SiZr. The number of hydrogen-bond donors (Lipinski definition) is 0. The Labute approximate surface area is 322 Å². The number of benzene rings is 4. The van der Waals surface area contributed by atoms with Crippen molar-refractivity contribution in [2.24, 2.45) is 10.8 Å². The van der Waals surface area contributed by atoms with E-state index in [9.17, 15) is 0 Å². The van der Waals surface area contributed by atoms with Crippen molar-refractivity contribution in [3.63, 3.8) is 0 Å². The van der Waals surface area contributed by atoms with Gasteiger partial charge in [0.1, 0.15) is 0 Å². The van der Waals surface area contributed by atoms with Crippen molar-refractivity contribution in [2.75, 3.05) is 0 Å². The quantitative estimate of drug-likeness (QED) is 0.118. The van der Waals surface area contributed by atoms with Crippen LogP contribution in [-0.4, -0.2) is 5.92 Å². The topological polar surface area (TPSA) is 0 Å². The van der Waals surface area contributed by atoms with Crippen LogP contribution in [0.1, 0.15) is 120 Å². The van der Waals surface area contributed by atoms with Crippen molar-refractivity contribution in [3.8, 4) is 22.3 Å². The average Bonchev–Trinajstić information content (AvgIpc) is 3.69. The molecule has 0 spiro atoms. The van der Waals surface area contributed by atoms with E-state index in [1.54, 1.807) is 11.1 Å². The van der Waals surface area contributed by atoms with Crippen molar-refractivity contribution in [1.82, 2.24) is 0 Å². The van der Waals surface area contributed by atoms with Crippen LogP contribution in [0.2, 0.25) is 13.1 Å². The van der Waals surface area contributed by atoms with Crippen molar-refractivity contribution in [3.05, 3.63) is 130 Å². The molecule has 0 saturated heterocycles. The van der Waals surface area contributed by atoms with Crippen LogP contribution in [0.15, 0.2) is 108 Å².